The summed E-state index contributed by atoms with van der Waals surface area (Å²) in [5.41, 5.74) is 6.12. The number of hydrogen-bond acceptors (Lipinski definition) is 9. The van der Waals surface area contributed by atoms with Gasteiger partial charge >= 0.3 is 6.09 Å². The topological polar surface area (TPSA) is 163 Å². The summed E-state index contributed by atoms with van der Waals surface area (Å²) in [6, 6.07) is 0. The first kappa shape index (κ1) is 32.7. The first-order chi connectivity index (χ1) is 18.8. The van der Waals surface area contributed by atoms with Crippen LogP contribution in [0, 0.1) is 11.8 Å². The lowest BCUT2D eigenvalue weighted by Crippen LogP contribution is -2.37. The van der Waals surface area contributed by atoms with Crippen molar-refractivity contribution in [1.29, 1.82) is 0 Å². The Bertz CT molecular complexity index is 1150. The Morgan fingerprint density at radius 2 is 1.77 bits per heavy atom. The lowest BCUT2D eigenvalue weighted by molar-refractivity contribution is -0.120. The molecular weight excluding hydrogens is 520 g/mol. The number of Topliss-reactive ketones (excluding diaryl/α,β-unsaturated/α-hetero) is 1. The third kappa shape index (κ3) is 8.23. The molecule has 40 heavy (non-hydrogen) atoms. The maximum atomic E-state index is 13.3. The van der Waals surface area contributed by atoms with E-state index in [1.807, 2.05) is 6.92 Å². The van der Waals surface area contributed by atoms with Crippen molar-refractivity contribution in [3.8, 4) is 0 Å². The van der Waals surface area contributed by atoms with Gasteiger partial charge in [-0.05, 0) is 38.2 Å². The van der Waals surface area contributed by atoms with Crippen molar-refractivity contribution in [2.24, 2.45) is 17.6 Å². The Balaban J connectivity index is 2.60. The molecule has 2 unspecified atom stereocenters. The number of ketones is 2. The molecule has 0 radical (unpaired) electrons. The Kier molecular flexibility index (Phi) is 12.0. The number of primary amides is 1. The van der Waals surface area contributed by atoms with Crippen LogP contribution in [0.25, 0.3) is 0 Å². The lowest BCUT2D eigenvalue weighted by atomic mass is 9.85. The van der Waals surface area contributed by atoms with Crippen molar-refractivity contribution in [3.63, 3.8) is 0 Å². The second-order valence-corrected chi connectivity index (χ2v) is 10.1. The zero-order valence-electron chi connectivity index (χ0n) is 24.1. The number of nitrogens with two attached hydrogens (primary N) is 1. The molecule has 0 aromatic rings. The molecule has 4 N–H and O–H groups in total. The van der Waals surface area contributed by atoms with E-state index in [9.17, 15) is 24.3 Å². The van der Waals surface area contributed by atoms with Crippen molar-refractivity contribution < 1.29 is 43.2 Å². The molecule has 2 rings (SSSR count). The average molecular weight is 561 g/mol. The minimum absolute atomic E-state index is 0.0801. The number of hydrogen-bond donors (Lipinski definition) is 3. The van der Waals surface area contributed by atoms with Gasteiger partial charge in [-0.1, -0.05) is 38.2 Å². The van der Waals surface area contributed by atoms with Crippen molar-refractivity contribution in [1.82, 2.24) is 5.32 Å². The predicted octanol–water partition coefficient (Wildman–Crippen LogP) is 2.41. The van der Waals surface area contributed by atoms with Crippen LogP contribution < -0.4 is 11.1 Å². The SMILES string of the molecule is COC1=C2CC(C)C[C@H](OC)C(O)[C@@H](C)/C=C(\C)[C@H](OC(N)=O)[C@@H](OC)/C=C\C=C(/C)C(=O)NC(=CC1=O)C2=O. The monoisotopic (exact) mass is 560 g/mol. The van der Waals surface area contributed by atoms with Gasteiger partial charge in [0.05, 0.1) is 25.0 Å². The third-order valence-electron chi connectivity index (χ3n) is 6.95. The van der Waals surface area contributed by atoms with Crippen molar-refractivity contribution in [3.05, 3.63) is 58.6 Å². The summed E-state index contributed by atoms with van der Waals surface area (Å²) < 4.78 is 21.7. The lowest BCUT2D eigenvalue weighted by Gasteiger charge is -2.29. The van der Waals surface area contributed by atoms with E-state index < -0.39 is 53.9 Å². The first-order valence-electron chi connectivity index (χ1n) is 13.0. The molecule has 11 heteroatoms. The molecule has 220 valence electrons. The summed E-state index contributed by atoms with van der Waals surface area (Å²) in [6.07, 6.45) is 3.61. The van der Waals surface area contributed by atoms with Gasteiger partial charge in [0, 0.05) is 37.4 Å². The number of nitrogens with one attached hydrogen (secondary N) is 1. The molecule has 1 heterocycles. The molecule has 0 saturated carbocycles. The highest BCUT2D eigenvalue weighted by molar-refractivity contribution is 6.23. The van der Waals surface area contributed by atoms with E-state index in [0.29, 0.717) is 12.0 Å². The molecule has 0 aromatic heterocycles. The maximum Gasteiger partial charge on any atom is 0.405 e. The van der Waals surface area contributed by atoms with E-state index in [1.165, 1.54) is 34.3 Å². The van der Waals surface area contributed by atoms with Gasteiger partial charge in [-0.2, -0.15) is 0 Å². The van der Waals surface area contributed by atoms with Crippen molar-refractivity contribution in [2.75, 3.05) is 21.3 Å². The predicted molar refractivity (Wildman–Crippen MR) is 147 cm³/mol. The standard InChI is InChI=1S/C29H40N2O9/c1-15-11-19-25(34)20(14-21(32)27(19)39-7)31-28(35)16(2)9-8-10-22(37-5)26(40-29(30)36)18(4)13-17(3)24(33)23(12-15)38-6/h8-10,13-15,17,22-24,26,33H,11-12H2,1-7H3,(H2,30,36)(H,31,35)/b10-8-,16-9+,18-13+/t15?,17-,22-,23-,24?,26-/m0/s1. The van der Waals surface area contributed by atoms with Crippen molar-refractivity contribution in [2.45, 2.75) is 65.0 Å². The Hall–Kier alpha value is -3.54. The van der Waals surface area contributed by atoms with Gasteiger partial charge in [-0.15, -0.1) is 0 Å². The van der Waals surface area contributed by atoms with Crippen LogP contribution in [0.15, 0.2) is 58.6 Å². The Labute approximate surface area is 234 Å². The van der Waals surface area contributed by atoms with Crippen LogP contribution in [0.1, 0.15) is 40.5 Å². The molecule has 2 amide bonds. The van der Waals surface area contributed by atoms with Crippen LogP contribution in [-0.2, 0) is 33.3 Å². The fourth-order valence-electron chi connectivity index (χ4n) is 4.78. The summed E-state index contributed by atoms with van der Waals surface area (Å²) >= 11 is 0. The molecule has 1 aliphatic carbocycles. The van der Waals surface area contributed by atoms with Gasteiger partial charge in [0.25, 0.3) is 5.91 Å². The van der Waals surface area contributed by atoms with Gasteiger partial charge in [0.2, 0.25) is 11.6 Å². The van der Waals surface area contributed by atoms with Crippen LogP contribution in [0.3, 0.4) is 0 Å². The molecule has 2 bridgehead atoms. The van der Waals surface area contributed by atoms with Crippen LogP contribution in [0.2, 0.25) is 0 Å². The highest BCUT2D eigenvalue weighted by atomic mass is 16.6. The van der Waals surface area contributed by atoms with Crippen LogP contribution in [-0.4, -0.2) is 74.4 Å². The largest absolute Gasteiger partial charge is 0.492 e. The number of amides is 2. The molecule has 2 aliphatic rings. The maximum absolute atomic E-state index is 13.3. The average Bonchev–Trinajstić information content (AvgIpc) is 2.90. The second kappa shape index (κ2) is 14.7. The quantitative estimate of drug-likeness (QED) is 0.346. The fourth-order valence-corrected chi connectivity index (χ4v) is 4.78. The zero-order chi connectivity index (χ0) is 30.1. The summed E-state index contributed by atoms with van der Waals surface area (Å²) in [4.78, 5) is 50.6. The van der Waals surface area contributed by atoms with E-state index >= 15 is 0 Å². The second-order valence-electron chi connectivity index (χ2n) is 10.1. The minimum atomic E-state index is -1.00. The highest BCUT2D eigenvalue weighted by Gasteiger charge is 2.34. The number of aliphatic hydroxyl groups excluding tert-OH is 1. The number of methoxy groups -OCH3 is 3. The van der Waals surface area contributed by atoms with E-state index in [0.717, 1.165) is 6.08 Å². The highest BCUT2D eigenvalue weighted by Crippen LogP contribution is 2.29. The minimum Gasteiger partial charge on any atom is -0.492 e. The summed E-state index contributed by atoms with van der Waals surface area (Å²) in [7, 11) is 4.21. The summed E-state index contributed by atoms with van der Waals surface area (Å²) in [5, 5.41) is 13.7. The first-order valence-corrected chi connectivity index (χ1v) is 13.0. The van der Waals surface area contributed by atoms with E-state index in [2.05, 4.69) is 5.32 Å². The van der Waals surface area contributed by atoms with Crippen molar-refractivity contribution >= 4 is 23.6 Å². The molecule has 6 atom stereocenters. The normalized spacial score (nSPS) is 32.7. The Morgan fingerprint density at radius 1 is 1.10 bits per heavy atom. The van der Waals surface area contributed by atoms with Gasteiger partial charge in [0.1, 0.15) is 6.10 Å². The van der Waals surface area contributed by atoms with Crippen LogP contribution >= 0.6 is 0 Å². The number of fused-ring (bicyclic) bond motifs is 2. The van der Waals surface area contributed by atoms with Gasteiger partial charge in [-0.25, -0.2) is 4.79 Å². The molecule has 11 nitrogen and oxygen atoms in total. The molecule has 0 saturated heterocycles. The zero-order valence-corrected chi connectivity index (χ0v) is 24.1. The fraction of sp³-hybridized carbons (Fsp3) is 0.517. The van der Waals surface area contributed by atoms with Gasteiger partial charge in [-0.3, -0.25) is 14.4 Å². The number of carbonyl (C=O) groups excluding carboxylic acids is 4. The smallest absolute Gasteiger partial charge is 0.405 e. The van der Waals surface area contributed by atoms with Crippen LogP contribution in [0.5, 0.6) is 0 Å². The third-order valence-corrected chi connectivity index (χ3v) is 6.95. The molecule has 0 aromatic carbocycles. The summed E-state index contributed by atoms with van der Waals surface area (Å²) in [5.74, 6) is -2.39. The molecule has 1 aliphatic heterocycles. The van der Waals surface area contributed by atoms with Gasteiger partial charge < -0.3 is 35.1 Å². The number of carbonyl (C=O) groups is 4. The number of aliphatic hydroxyl groups is 1. The number of allylic oxidation sites excluding steroid dienone is 4. The Morgan fingerprint density at radius 3 is 2.35 bits per heavy atom. The molecule has 0 spiro atoms. The van der Waals surface area contributed by atoms with E-state index in [1.54, 1.807) is 32.1 Å². The molecule has 0 fully saturated rings. The van der Waals surface area contributed by atoms with E-state index in [-0.39, 0.29) is 34.9 Å². The number of rotatable bonds is 4. The van der Waals surface area contributed by atoms with Crippen LogP contribution in [0.4, 0.5) is 4.79 Å². The summed E-state index contributed by atoms with van der Waals surface area (Å²) in [6.45, 7) is 6.92. The van der Waals surface area contributed by atoms with E-state index in [4.69, 9.17) is 24.7 Å². The van der Waals surface area contributed by atoms with Gasteiger partial charge in [0.15, 0.2) is 11.9 Å². The number of ether oxygens (including phenoxy) is 4. The molecular formula is C29H40N2O9.